The molecule has 0 radical (unpaired) electrons. The number of aromatic nitrogens is 1. The van der Waals surface area contributed by atoms with Crippen molar-refractivity contribution in [2.75, 3.05) is 32.8 Å². The first-order chi connectivity index (χ1) is 15.4. The predicted molar refractivity (Wildman–Crippen MR) is 126 cm³/mol. The molecule has 0 saturated carbocycles. The first-order valence-corrected chi connectivity index (χ1v) is 11.9. The van der Waals surface area contributed by atoms with Gasteiger partial charge in [-0.1, -0.05) is 32.0 Å². The van der Waals surface area contributed by atoms with Crippen molar-refractivity contribution in [3.05, 3.63) is 64.1 Å². The lowest BCUT2D eigenvalue weighted by Crippen LogP contribution is -2.48. The molecule has 1 amide bonds. The van der Waals surface area contributed by atoms with Gasteiger partial charge in [0.15, 0.2) is 0 Å². The highest BCUT2D eigenvalue weighted by Gasteiger charge is 2.38. The molecule has 172 valence electrons. The number of nitrogens with zero attached hydrogens (tertiary/aromatic N) is 2. The highest BCUT2D eigenvalue weighted by atomic mass is 16.5. The maximum Gasteiger partial charge on any atom is 0.255 e. The van der Waals surface area contributed by atoms with E-state index in [4.69, 9.17) is 4.74 Å². The number of carbonyl (C=O) groups is 1. The van der Waals surface area contributed by atoms with E-state index in [-0.39, 0.29) is 11.5 Å². The fourth-order valence-electron chi connectivity index (χ4n) is 4.87. The lowest BCUT2D eigenvalue weighted by atomic mass is 9.71. The highest BCUT2D eigenvalue weighted by molar-refractivity contribution is 5.93. The van der Waals surface area contributed by atoms with Crippen LogP contribution in [0.25, 0.3) is 0 Å². The normalized spacial score (nSPS) is 18.8. The van der Waals surface area contributed by atoms with Gasteiger partial charge in [-0.3, -0.25) is 14.5 Å². The second-order valence-corrected chi connectivity index (χ2v) is 9.82. The van der Waals surface area contributed by atoms with Crippen LogP contribution in [0.4, 0.5) is 0 Å². The quantitative estimate of drug-likeness (QED) is 0.744. The zero-order chi connectivity index (χ0) is 22.6. The zero-order valence-electron chi connectivity index (χ0n) is 19.3. The van der Waals surface area contributed by atoms with Crippen LogP contribution in [0, 0.1) is 11.3 Å². The van der Waals surface area contributed by atoms with Gasteiger partial charge < -0.3 is 14.6 Å². The summed E-state index contributed by atoms with van der Waals surface area (Å²) < 4.78 is 6.04. The van der Waals surface area contributed by atoms with E-state index in [0.29, 0.717) is 16.9 Å². The maximum atomic E-state index is 12.7. The monoisotopic (exact) mass is 437 g/mol. The number of pyridine rings is 1. The topological polar surface area (TPSA) is 65.6 Å². The Labute approximate surface area is 190 Å². The van der Waals surface area contributed by atoms with Crippen LogP contribution < -0.4 is 10.3 Å². The van der Waals surface area contributed by atoms with Gasteiger partial charge in [0.1, 0.15) is 5.75 Å². The number of ether oxygens (including phenoxy) is 1. The average molecular weight is 438 g/mol. The Bertz CT molecular complexity index is 946. The number of carbonyl (C=O) groups excluding carboxylic acids is 1. The Morgan fingerprint density at radius 2 is 1.72 bits per heavy atom. The number of H-pyrrole nitrogens is 1. The molecule has 2 aromatic rings. The molecule has 4 rings (SSSR count). The van der Waals surface area contributed by atoms with Gasteiger partial charge in [-0.2, -0.15) is 0 Å². The van der Waals surface area contributed by atoms with Gasteiger partial charge in [0, 0.05) is 37.5 Å². The van der Waals surface area contributed by atoms with E-state index in [1.807, 2.05) is 11.0 Å². The fraction of sp³-hybridized carbons (Fsp3) is 0.538. The third kappa shape index (κ3) is 5.41. The predicted octanol–water partition coefficient (Wildman–Crippen LogP) is 3.93. The lowest BCUT2D eigenvalue weighted by molar-refractivity contribution is 0.0283. The molecule has 0 unspecified atom stereocenters. The largest absolute Gasteiger partial charge is 0.493 e. The molecule has 32 heavy (non-hydrogen) atoms. The number of aromatic amines is 1. The van der Waals surface area contributed by atoms with Gasteiger partial charge in [0.2, 0.25) is 5.56 Å². The molecule has 1 spiro atoms. The molecule has 3 heterocycles. The van der Waals surface area contributed by atoms with Crippen molar-refractivity contribution in [3.8, 4) is 5.75 Å². The van der Waals surface area contributed by atoms with E-state index in [0.717, 1.165) is 57.9 Å². The van der Waals surface area contributed by atoms with Crippen LogP contribution in [0.15, 0.2) is 47.4 Å². The molecular formula is C26H35N3O3. The second-order valence-electron chi connectivity index (χ2n) is 9.82. The van der Waals surface area contributed by atoms with Crippen LogP contribution in [0.5, 0.6) is 5.75 Å². The van der Waals surface area contributed by atoms with Crippen molar-refractivity contribution in [3.63, 3.8) is 0 Å². The van der Waals surface area contributed by atoms with Crippen molar-refractivity contribution in [2.24, 2.45) is 11.3 Å². The molecule has 0 atom stereocenters. The standard InChI is InChI=1S/C26H35N3O3/c1-20(2)19-32-23-6-4-3-5-22(23)18-28-13-9-26(10-14-28)11-15-29(16-12-26)25(31)21-7-8-24(30)27-17-21/h3-8,17,20H,9-16,18-19H2,1-2H3,(H,27,30). The minimum Gasteiger partial charge on any atom is -0.493 e. The van der Waals surface area contributed by atoms with Crippen LogP contribution in [0.1, 0.15) is 55.5 Å². The van der Waals surface area contributed by atoms with Crippen LogP contribution in [0.2, 0.25) is 0 Å². The molecule has 1 aromatic carbocycles. The van der Waals surface area contributed by atoms with Gasteiger partial charge in [0.25, 0.3) is 5.91 Å². The van der Waals surface area contributed by atoms with Gasteiger partial charge in [-0.15, -0.1) is 0 Å². The summed E-state index contributed by atoms with van der Waals surface area (Å²) in [6.45, 7) is 9.79. The van der Waals surface area contributed by atoms with Crippen molar-refractivity contribution >= 4 is 5.91 Å². The minimum atomic E-state index is -0.181. The Hall–Kier alpha value is -2.60. The van der Waals surface area contributed by atoms with E-state index >= 15 is 0 Å². The number of nitrogens with one attached hydrogen (secondary N) is 1. The summed E-state index contributed by atoms with van der Waals surface area (Å²) in [6.07, 6.45) is 6.01. The first-order valence-electron chi connectivity index (χ1n) is 11.9. The number of para-hydroxylation sites is 1. The second kappa shape index (κ2) is 9.90. The molecule has 1 aromatic heterocycles. The van der Waals surface area contributed by atoms with Crippen LogP contribution in [0.3, 0.4) is 0 Å². The Morgan fingerprint density at radius 3 is 2.38 bits per heavy atom. The summed E-state index contributed by atoms with van der Waals surface area (Å²) in [5.41, 5.74) is 2.01. The Morgan fingerprint density at radius 1 is 1.03 bits per heavy atom. The van der Waals surface area contributed by atoms with Crippen LogP contribution in [-0.2, 0) is 6.54 Å². The molecular weight excluding hydrogens is 402 g/mol. The molecule has 2 aliphatic rings. The molecule has 6 heteroatoms. The van der Waals surface area contributed by atoms with E-state index in [1.165, 1.54) is 30.7 Å². The van der Waals surface area contributed by atoms with Crippen molar-refractivity contribution in [2.45, 2.75) is 46.1 Å². The number of amides is 1. The van der Waals surface area contributed by atoms with Crippen molar-refractivity contribution in [1.82, 2.24) is 14.8 Å². The molecule has 6 nitrogen and oxygen atoms in total. The minimum absolute atomic E-state index is 0.0199. The van der Waals surface area contributed by atoms with E-state index < -0.39 is 0 Å². The third-order valence-corrected chi connectivity index (χ3v) is 7.00. The van der Waals surface area contributed by atoms with Gasteiger partial charge in [-0.25, -0.2) is 0 Å². The highest BCUT2D eigenvalue weighted by Crippen LogP contribution is 2.42. The number of rotatable bonds is 6. The summed E-state index contributed by atoms with van der Waals surface area (Å²) in [7, 11) is 0. The van der Waals surface area contributed by atoms with E-state index in [1.54, 1.807) is 6.07 Å². The summed E-state index contributed by atoms with van der Waals surface area (Å²) in [5, 5.41) is 0. The average Bonchev–Trinajstić information content (AvgIpc) is 2.81. The zero-order valence-corrected chi connectivity index (χ0v) is 19.3. The Balaban J connectivity index is 1.29. The molecule has 0 bridgehead atoms. The first kappa shape index (κ1) is 22.6. The van der Waals surface area contributed by atoms with Crippen LogP contribution in [-0.4, -0.2) is 53.5 Å². The fourth-order valence-corrected chi connectivity index (χ4v) is 4.87. The molecule has 0 aliphatic carbocycles. The van der Waals surface area contributed by atoms with Gasteiger partial charge >= 0.3 is 0 Å². The van der Waals surface area contributed by atoms with Gasteiger partial charge in [0.05, 0.1) is 12.2 Å². The summed E-state index contributed by atoms with van der Waals surface area (Å²) in [5.74, 6) is 1.54. The van der Waals surface area contributed by atoms with E-state index in [9.17, 15) is 9.59 Å². The SMILES string of the molecule is CC(C)COc1ccccc1CN1CCC2(CC1)CCN(C(=O)c1ccc(=O)[nH]c1)CC2. The van der Waals surface area contributed by atoms with Crippen molar-refractivity contribution in [1.29, 1.82) is 0 Å². The molecule has 2 saturated heterocycles. The van der Waals surface area contributed by atoms with E-state index in [2.05, 4.69) is 41.9 Å². The number of hydrogen-bond donors (Lipinski definition) is 1. The summed E-state index contributed by atoms with van der Waals surface area (Å²) >= 11 is 0. The number of piperidine rings is 2. The smallest absolute Gasteiger partial charge is 0.255 e. The van der Waals surface area contributed by atoms with Crippen LogP contribution >= 0.6 is 0 Å². The molecule has 1 N–H and O–H groups in total. The summed E-state index contributed by atoms with van der Waals surface area (Å²) in [6, 6.07) is 11.4. The number of hydrogen-bond acceptors (Lipinski definition) is 4. The number of benzene rings is 1. The maximum absolute atomic E-state index is 12.7. The molecule has 2 aliphatic heterocycles. The van der Waals surface area contributed by atoms with Gasteiger partial charge in [-0.05, 0) is 62.2 Å². The number of likely N-dealkylation sites (tertiary alicyclic amines) is 2. The summed E-state index contributed by atoms with van der Waals surface area (Å²) in [4.78, 5) is 31.1. The lowest BCUT2D eigenvalue weighted by Gasteiger charge is -2.47. The molecule has 2 fully saturated rings. The van der Waals surface area contributed by atoms with Crippen molar-refractivity contribution < 1.29 is 9.53 Å². The Kier molecular flexibility index (Phi) is 6.99. The third-order valence-electron chi connectivity index (χ3n) is 7.00.